The lowest BCUT2D eigenvalue weighted by Crippen LogP contribution is -2.22. The first kappa shape index (κ1) is 19.3. The number of hydrogen-bond acceptors (Lipinski definition) is 3. The van der Waals surface area contributed by atoms with E-state index in [1.165, 1.54) is 6.92 Å². The Labute approximate surface area is 174 Å². The van der Waals surface area contributed by atoms with Crippen LogP contribution in [0.4, 0.5) is 0 Å². The van der Waals surface area contributed by atoms with Crippen LogP contribution in [-0.2, 0) is 6.54 Å². The predicted octanol–water partition coefficient (Wildman–Crippen LogP) is 4.74. The van der Waals surface area contributed by atoms with E-state index in [1.807, 2.05) is 53.2 Å². The second-order valence-electron chi connectivity index (χ2n) is 6.89. The summed E-state index contributed by atoms with van der Waals surface area (Å²) in [5.41, 5.74) is 3.09. The number of ketones is 1. The fourth-order valence-electron chi connectivity index (χ4n) is 3.12. The minimum absolute atomic E-state index is 0.00216. The average Bonchev–Trinajstić information content (AvgIpc) is 3.26. The summed E-state index contributed by atoms with van der Waals surface area (Å²) in [4.78, 5) is 28.4. The molecule has 2 heterocycles. The lowest BCUT2D eigenvalue weighted by molar-refractivity contribution is 0.0970. The topological polar surface area (TPSA) is 64.6 Å². The van der Waals surface area contributed by atoms with Crippen LogP contribution >= 0.6 is 0 Å². The third-order valence-electron chi connectivity index (χ3n) is 4.72. The first-order chi connectivity index (χ1) is 14.6. The van der Waals surface area contributed by atoms with Crippen molar-refractivity contribution in [3.8, 4) is 11.3 Å². The first-order valence-corrected chi connectivity index (χ1v) is 9.60. The normalized spacial score (nSPS) is 11.4. The van der Waals surface area contributed by atoms with Gasteiger partial charge in [-0.1, -0.05) is 60.7 Å². The van der Waals surface area contributed by atoms with Crippen molar-refractivity contribution in [2.75, 3.05) is 0 Å². The number of Topliss-reactive ketones (excluding diaryl/α,β-unsaturated/α-hetero) is 1. The molecule has 2 aromatic heterocycles. The standard InChI is InChI=1S/C25H20N2O3/c1-18(28)20-10-12-21(13-11-20)22-14-15-23(30-22)25(29)26-24-9-5-6-16-27(24)17-19-7-3-2-4-8-19/h2-16H,17H2,1H3. The highest BCUT2D eigenvalue weighted by Crippen LogP contribution is 2.23. The number of hydrogen-bond donors (Lipinski definition) is 0. The van der Waals surface area contributed by atoms with Gasteiger partial charge in [0, 0.05) is 23.9 Å². The van der Waals surface area contributed by atoms with Gasteiger partial charge in [0.25, 0.3) is 0 Å². The van der Waals surface area contributed by atoms with Crippen LogP contribution in [0.5, 0.6) is 0 Å². The van der Waals surface area contributed by atoms with Crippen LogP contribution in [0.1, 0.15) is 33.4 Å². The summed E-state index contributed by atoms with van der Waals surface area (Å²) in [6, 6.07) is 26.0. The molecule has 0 unspecified atom stereocenters. The molecule has 0 atom stereocenters. The van der Waals surface area contributed by atoms with E-state index in [2.05, 4.69) is 4.99 Å². The van der Waals surface area contributed by atoms with Crippen LogP contribution < -0.4 is 5.49 Å². The lowest BCUT2D eigenvalue weighted by Gasteiger charge is -2.07. The van der Waals surface area contributed by atoms with Gasteiger partial charge in [-0.15, -0.1) is 0 Å². The Kier molecular flexibility index (Phi) is 5.52. The molecule has 148 valence electrons. The molecule has 2 aromatic carbocycles. The van der Waals surface area contributed by atoms with Gasteiger partial charge in [0.05, 0.1) is 0 Å². The largest absolute Gasteiger partial charge is 0.451 e. The molecule has 0 aliphatic heterocycles. The van der Waals surface area contributed by atoms with E-state index in [0.29, 0.717) is 23.4 Å². The fraction of sp³-hybridized carbons (Fsp3) is 0.0800. The zero-order valence-electron chi connectivity index (χ0n) is 16.5. The van der Waals surface area contributed by atoms with Crippen molar-refractivity contribution in [1.29, 1.82) is 0 Å². The smallest absolute Gasteiger partial charge is 0.314 e. The molecule has 5 heteroatoms. The molecular formula is C25H20N2O3. The van der Waals surface area contributed by atoms with E-state index >= 15 is 0 Å². The molecule has 30 heavy (non-hydrogen) atoms. The van der Waals surface area contributed by atoms with Gasteiger partial charge in [0.1, 0.15) is 11.2 Å². The monoisotopic (exact) mass is 396 g/mol. The van der Waals surface area contributed by atoms with Crippen molar-refractivity contribution in [1.82, 2.24) is 4.57 Å². The van der Waals surface area contributed by atoms with Gasteiger partial charge in [-0.25, -0.2) is 0 Å². The Bertz CT molecular complexity index is 1250. The Hall–Kier alpha value is -3.99. The number of pyridine rings is 1. The number of nitrogens with zero attached hydrogens (tertiary/aromatic N) is 2. The van der Waals surface area contributed by atoms with E-state index in [4.69, 9.17) is 4.42 Å². The van der Waals surface area contributed by atoms with Crippen LogP contribution in [0.25, 0.3) is 11.3 Å². The molecule has 0 radical (unpaired) electrons. The van der Waals surface area contributed by atoms with Gasteiger partial charge >= 0.3 is 5.91 Å². The number of aromatic nitrogens is 1. The van der Waals surface area contributed by atoms with E-state index in [-0.39, 0.29) is 11.5 Å². The molecule has 0 spiro atoms. The molecule has 0 fully saturated rings. The summed E-state index contributed by atoms with van der Waals surface area (Å²) < 4.78 is 7.64. The third-order valence-corrected chi connectivity index (χ3v) is 4.72. The zero-order valence-corrected chi connectivity index (χ0v) is 16.5. The lowest BCUT2D eigenvalue weighted by atomic mass is 10.1. The molecular weight excluding hydrogens is 376 g/mol. The predicted molar refractivity (Wildman–Crippen MR) is 114 cm³/mol. The Morgan fingerprint density at radius 2 is 1.60 bits per heavy atom. The molecule has 4 rings (SSSR count). The summed E-state index contributed by atoms with van der Waals surface area (Å²) in [6.45, 7) is 2.13. The maximum atomic E-state index is 12.7. The highest BCUT2D eigenvalue weighted by Gasteiger charge is 2.12. The molecule has 0 aliphatic carbocycles. The Balaban J connectivity index is 1.59. The number of carbonyl (C=O) groups excluding carboxylic acids is 2. The van der Waals surface area contributed by atoms with Gasteiger partial charge in [-0.2, -0.15) is 4.99 Å². The summed E-state index contributed by atoms with van der Waals surface area (Å²) in [6.07, 6.45) is 1.89. The molecule has 0 saturated heterocycles. The molecule has 0 saturated carbocycles. The third kappa shape index (κ3) is 4.36. The number of carbonyl (C=O) groups is 2. The van der Waals surface area contributed by atoms with Crippen molar-refractivity contribution in [2.24, 2.45) is 4.99 Å². The highest BCUT2D eigenvalue weighted by atomic mass is 16.3. The maximum absolute atomic E-state index is 12.7. The minimum atomic E-state index is -0.449. The van der Waals surface area contributed by atoms with E-state index < -0.39 is 5.91 Å². The fourth-order valence-corrected chi connectivity index (χ4v) is 3.12. The maximum Gasteiger partial charge on any atom is 0.314 e. The molecule has 0 N–H and O–H groups in total. The highest BCUT2D eigenvalue weighted by molar-refractivity contribution is 5.94. The van der Waals surface area contributed by atoms with Crippen LogP contribution in [0.15, 0.2) is 101 Å². The number of benzene rings is 2. The van der Waals surface area contributed by atoms with Crippen molar-refractivity contribution >= 4 is 11.7 Å². The van der Waals surface area contributed by atoms with Crippen molar-refractivity contribution in [3.05, 3.63) is 114 Å². The Morgan fingerprint density at radius 1 is 0.867 bits per heavy atom. The van der Waals surface area contributed by atoms with E-state index in [9.17, 15) is 9.59 Å². The van der Waals surface area contributed by atoms with Crippen molar-refractivity contribution in [2.45, 2.75) is 13.5 Å². The van der Waals surface area contributed by atoms with E-state index in [1.54, 1.807) is 42.5 Å². The SMILES string of the molecule is CC(=O)c1ccc(-c2ccc(C(=O)N=c3ccccn3Cc3ccccc3)o2)cc1. The Morgan fingerprint density at radius 3 is 2.33 bits per heavy atom. The van der Waals surface area contributed by atoms with Crippen LogP contribution in [0.2, 0.25) is 0 Å². The number of furan rings is 1. The molecule has 1 amide bonds. The second kappa shape index (κ2) is 8.57. The van der Waals surface area contributed by atoms with E-state index in [0.717, 1.165) is 11.1 Å². The minimum Gasteiger partial charge on any atom is -0.451 e. The molecule has 4 aromatic rings. The van der Waals surface area contributed by atoms with Gasteiger partial charge < -0.3 is 8.98 Å². The van der Waals surface area contributed by atoms with Crippen LogP contribution in [0.3, 0.4) is 0 Å². The first-order valence-electron chi connectivity index (χ1n) is 9.60. The van der Waals surface area contributed by atoms with Crippen molar-refractivity contribution in [3.63, 3.8) is 0 Å². The summed E-state index contributed by atoms with van der Waals surface area (Å²) in [7, 11) is 0. The molecule has 0 aliphatic rings. The van der Waals surface area contributed by atoms with Gasteiger partial charge in [0.2, 0.25) is 0 Å². The molecule has 5 nitrogen and oxygen atoms in total. The summed E-state index contributed by atoms with van der Waals surface area (Å²) in [5, 5.41) is 0. The zero-order chi connectivity index (χ0) is 20.9. The second-order valence-corrected chi connectivity index (χ2v) is 6.89. The van der Waals surface area contributed by atoms with Crippen LogP contribution in [0, 0.1) is 0 Å². The summed E-state index contributed by atoms with van der Waals surface area (Å²) in [5.74, 6) is 0.265. The van der Waals surface area contributed by atoms with Gasteiger partial charge in [-0.05, 0) is 36.8 Å². The average molecular weight is 396 g/mol. The quantitative estimate of drug-likeness (QED) is 0.458. The number of amides is 1. The number of rotatable bonds is 5. The summed E-state index contributed by atoms with van der Waals surface area (Å²) >= 11 is 0. The molecule has 0 bridgehead atoms. The van der Waals surface area contributed by atoms with Crippen molar-refractivity contribution < 1.29 is 14.0 Å². The van der Waals surface area contributed by atoms with Crippen LogP contribution in [-0.4, -0.2) is 16.3 Å². The van der Waals surface area contributed by atoms with Gasteiger partial charge in [-0.3, -0.25) is 9.59 Å². The van der Waals surface area contributed by atoms with Gasteiger partial charge in [0.15, 0.2) is 11.5 Å².